The Morgan fingerprint density at radius 1 is 1.17 bits per heavy atom. The molecular formula is C25H26F2N4O3S. The highest BCUT2D eigenvalue weighted by Gasteiger charge is 2.32. The molecule has 2 aliphatic carbocycles. The lowest BCUT2D eigenvalue weighted by Gasteiger charge is -2.18. The zero-order valence-electron chi connectivity index (χ0n) is 19.2. The maximum absolute atomic E-state index is 12.9. The number of sulfonamides is 1. The van der Waals surface area contributed by atoms with E-state index in [0.717, 1.165) is 38.5 Å². The Morgan fingerprint density at radius 2 is 1.91 bits per heavy atom. The van der Waals surface area contributed by atoms with Gasteiger partial charge in [0.25, 0.3) is 0 Å². The van der Waals surface area contributed by atoms with Crippen LogP contribution < -0.4 is 9.46 Å². The number of aromatic nitrogens is 2. The second-order valence-corrected chi connectivity index (χ2v) is 11.0. The molecule has 0 spiro atoms. The number of rotatable bonds is 8. The number of nitriles is 1. The van der Waals surface area contributed by atoms with Gasteiger partial charge in [0.05, 0.1) is 22.5 Å². The van der Waals surface area contributed by atoms with Gasteiger partial charge in [-0.3, -0.25) is 4.98 Å². The van der Waals surface area contributed by atoms with E-state index < -0.39 is 16.6 Å². The molecule has 184 valence electrons. The highest BCUT2D eigenvalue weighted by atomic mass is 32.2. The van der Waals surface area contributed by atoms with Crippen molar-refractivity contribution in [3.63, 3.8) is 0 Å². The first kappa shape index (κ1) is 23.7. The van der Waals surface area contributed by atoms with Crippen molar-refractivity contribution in [3.05, 3.63) is 42.1 Å². The molecule has 2 aromatic heterocycles. The average molecular weight is 501 g/mol. The zero-order chi connectivity index (χ0) is 24.7. The summed E-state index contributed by atoms with van der Waals surface area (Å²) < 4.78 is 60.6. The molecule has 10 heteroatoms. The number of halogens is 2. The summed E-state index contributed by atoms with van der Waals surface area (Å²) in [5.41, 5.74) is 2.01. The van der Waals surface area contributed by atoms with Gasteiger partial charge < -0.3 is 9.30 Å². The highest BCUT2D eigenvalue weighted by Crippen LogP contribution is 2.42. The first-order valence-corrected chi connectivity index (χ1v) is 13.3. The highest BCUT2D eigenvalue weighted by molar-refractivity contribution is 7.89. The van der Waals surface area contributed by atoms with Gasteiger partial charge in [-0.05, 0) is 62.8 Å². The zero-order valence-corrected chi connectivity index (χ0v) is 20.1. The summed E-state index contributed by atoms with van der Waals surface area (Å²) in [5, 5.41) is 10.7. The second kappa shape index (κ2) is 9.21. The molecule has 2 saturated carbocycles. The number of pyridine rings is 1. The van der Waals surface area contributed by atoms with Gasteiger partial charge in [0.15, 0.2) is 0 Å². The molecule has 0 radical (unpaired) electrons. The van der Waals surface area contributed by atoms with Crippen LogP contribution >= 0.6 is 0 Å². The fraction of sp³-hybridized carbons (Fsp3) is 0.440. The molecule has 2 fully saturated rings. The van der Waals surface area contributed by atoms with E-state index in [1.807, 2.05) is 11.5 Å². The summed E-state index contributed by atoms with van der Waals surface area (Å²) >= 11 is 0. The summed E-state index contributed by atoms with van der Waals surface area (Å²) in [5.74, 6) is 0.391. The van der Waals surface area contributed by atoms with Crippen LogP contribution in [0.4, 0.5) is 8.78 Å². The largest absolute Gasteiger partial charge is 0.435 e. The van der Waals surface area contributed by atoms with E-state index in [4.69, 9.17) is 0 Å². The smallest absolute Gasteiger partial charge is 0.387 e. The molecule has 5 rings (SSSR count). The van der Waals surface area contributed by atoms with Crippen LogP contribution in [0.25, 0.3) is 22.3 Å². The topological polar surface area (TPSA) is 97.0 Å². The van der Waals surface area contributed by atoms with Crippen molar-refractivity contribution >= 4 is 20.9 Å². The normalized spacial score (nSPS) is 17.7. The van der Waals surface area contributed by atoms with Crippen LogP contribution in [-0.2, 0) is 10.0 Å². The first-order valence-electron chi connectivity index (χ1n) is 11.8. The van der Waals surface area contributed by atoms with E-state index >= 15 is 0 Å². The number of ether oxygens (including phenoxy) is 1. The monoisotopic (exact) mass is 500 g/mol. The number of fused-ring (bicyclic) bond motifs is 1. The fourth-order valence-corrected chi connectivity index (χ4v) is 6.31. The minimum Gasteiger partial charge on any atom is -0.435 e. The van der Waals surface area contributed by atoms with Crippen molar-refractivity contribution in [2.45, 2.75) is 69.0 Å². The van der Waals surface area contributed by atoms with Crippen molar-refractivity contribution in [2.75, 3.05) is 0 Å². The molecule has 35 heavy (non-hydrogen) atoms. The van der Waals surface area contributed by atoms with Crippen LogP contribution in [0, 0.1) is 17.2 Å². The third kappa shape index (κ3) is 4.62. The van der Waals surface area contributed by atoms with Crippen LogP contribution in [-0.4, -0.2) is 30.6 Å². The summed E-state index contributed by atoms with van der Waals surface area (Å²) in [6.45, 7) is -1.09. The Morgan fingerprint density at radius 3 is 2.51 bits per heavy atom. The quantitative estimate of drug-likeness (QED) is 0.449. The molecule has 0 unspecified atom stereocenters. The van der Waals surface area contributed by atoms with Gasteiger partial charge in [-0.1, -0.05) is 12.8 Å². The van der Waals surface area contributed by atoms with E-state index in [2.05, 4.69) is 20.5 Å². The lowest BCUT2D eigenvalue weighted by Crippen LogP contribution is -2.34. The lowest BCUT2D eigenvalue weighted by atomic mass is 10.1. The van der Waals surface area contributed by atoms with Crippen LogP contribution in [0.2, 0.25) is 0 Å². The Bertz CT molecular complexity index is 1390. The predicted octanol–water partition coefficient (Wildman–Crippen LogP) is 5.37. The van der Waals surface area contributed by atoms with Crippen molar-refractivity contribution < 1.29 is 21.9 Å². The Hall–Kier alpha value is -3.03. The van der Waals surface area contributed by atoms with E-state index in [0.29, 0.717) is 33.8 Å². The predicted molar refractivity (Wildman–Crippen MR) is 127 cm³/mol. The summed E-state index contributed by atoms with van der Waals surface area (Å²) in [4.78, 5) is 4.51. The number of hydrogen-bond donors (Lipinski definition) is 1. The van der Waals surface area contributed by atoms with Crippen molar-refractivity contribution in [1.82, 2.24) is 14.3 Å². The Balaban J connectivity index is 1.59. The molecule has 0 aliphatic heterocycles. The van der Waals surface area contributed by atoms with E-state index in [-0.39, 0.29) is 22.7 Å². The molecule has 0 bridgehead atoms. The summed E-state index contributed by atoms with van der Waals surface area (Å²) in [7, 11) is -3.72. The molecular weight excluding hydrogens is 474 g/mol. The molecule has 1 atom stereocenters. The van der Waals surface area contributed by atoms with Gasteiger partial charge in [0, 0.05) is 29.7 Å². The fourth-order valence-electron chi connectivity index (χ4n) is 5.06. The lowest BCUT2D eigenvalue weighted by molar-refractivity contribution is -0.0497. The van der Waals surface area contributed by atoms with Gasteiger partial charge in [-0.2, -0.15) is 14.0 Å². The molecule has 7 nitrogen and oxygen atoms in total. The summed E-state index contributed by atoms with van der Waals surface area (Å²) in [6, 6.07) is 9.85. The third-order valence-corrected chi connectivity index (χ3v) is 8.51. The van der Waals surface area contributed by atoms with E-state index in [1.54, 1.807) is 12.1 Å². The molecule has 1 aromatic carbocycles. The van der Waals surface area contributed by atoms with Gasteiger partial charge in [0.1, 0.15) is 16.7 Å². The molecule has 2 aliphatic rings. The van der Waals surface area contributed by atoms with E-state index in [9.17, 15) is 22.5 Å². The molecule has 0 saturated heterocycles. The van der Waals surface area contributed by atoms with Crippen molar-refractivity contribution in [3.8, 4) is 23.2 Å². The van der Waals surface area contributed by atoms with Gasteiger partial charge in [-0.25, -0.2) is 13.1 Å². The van der Waals surface area contributed by atoms with Crippen LogP contribution in [0.5, 0.6) is 5.75 Å². The minimum atomic E-state index is -3.72. The molecule has 1 N–H and O–H groups in total. The average Bonchev–Trinajstić information content (AvgIpc) is 3.44. The van der Waals surface area contributed by atoms with Crippen molar-refractivity contribution in [1.29, 1.82) is 5.26 Å². The number of alkyl halides is 2. The van der Waals surface area contributed by atoms with Gasteiger partial charge >= 0.3 is 6.61 Å². The maximum Gasteiger partial charge on any atom is 0.387 e. The molecule has 0 amide bonds. The number of benzene rings is 1. The maximum atomic E-state index is 12.9. The molecule has 3 aromatic rings. The van der Waals surface area contributed by atoms with Crippen LogP contribution in [0.3, 0.4) is 0 Å². The van der Waals surface area contributed by atoms with Crippen LogP contribution in [0.1, 0.15) is 57.1 Å². The van der Waals surface area contributed by atoms with Crippen LogP contribution in [0.15, 0.2) is 41.4 Å². The summed E-state index contributed by atoms with van der Waals surface area (Å²) in [6.07, 6.45) is 7.17. The number of nitrogens with one attached hydrogen (secondary N) is 1. The van der Waals surface area contributed by atoms with Gasteiger partial charge in [0.2, 0.25) is 10.0 Å². The van der Waals surface area contributed by atoms with Crippen molar-refractivity contribution in [2.24, 2.45) is 5.92 Å². The Labute approximate surface area is 202 Å². The molecule has 2 heterocycles. The third-order valence-electron chi connectivity index (χ3n) is 6.96. The first-order chi connectivity index (χ1) is 16.8. The standard InChI is InChI=1S/C25H26F2N4O3S/c1-15(16-6-7-16)30-35(32,33)19-9-11-22(29-14-19)24-21(13-28)20-10-8-18(34-25(26)27)12-23(20)31(24)17-4-2-3-5-17/h8-12,14-17,25,30H,2-7H2,1H3/t15-/m0/s1. The SMILES string of the molecule is C[C@H](NS(=O)(=O)c1ccc(-c2c(C#N)c3ccc(OC(F)F)cc3n2C2CCCC2)nc1)C1CC1. The second-order valence-electron chi connectivity index (χ2n) is 9.33. The number of hydrogen-bond acceptors (Lipinski definition) is 5. The van der Waals surface area contributed by atoms with Gasteiger partial charge in [-0.15, -0.1) is 0 Å². The Kier molecular flexibility index (Phi) is 6.23. The number of nitrogens with zero attached hydrogens (tertiary/aromatic N) is 3. The van der Waals surface area contributed by atoms with E-state index in [1.165, 1.54) is 24.4 Å². The minimum absolute atomic E-state index is 0.0190.